The monoisotopic (exact) mass is 286 g/mol. The van der Waals surface area contributed by atoms with Crippen LogP contribution in [0.1, 0.15) is 20.8 Å². The molecule has 2 amide bonds. The molecule has 19 heavy (non-hydrogen) atoms. The van der Waals surface area contributed by atoms with E-state index in [2.05, 4.69) is 33.9 Å². The van der Waals surface area contributed by atoms with Gasteiger partial charge in [0.05, 0.1) is 19.7 Å². The molecule has 1 aliphatic rings. The van der Waals surface area contributed by atoms with Gasteiger partial charge >= 0.3 is 0 Å². The van der Waals surface area contributed by atoms with Gasteiger partial charge in [0.2, 0.25) is 11.8 Å². The molecule has 1 aliphatic heterocycles. The molecule has 1 saturated heterocycles. The molecule has 0 aliphatic carbocycles. The minimum Gasteiger partial charge on any atom is -0.415 e. The number of amides is 2. The summed E-state index contributed by atoms with van der Waals surface area (Å²) in [7, 11) is -0.119. The number of rotatable bonds is 4. The molecule has 110 valence electrons. The number of carbonyl (C=O) groups excluding carboxylic acids is 2. The van der Waals surface area contributed by atoms with Gasteiger partial charge in [0, 0.05) is 13.6 Å². The molecule has 0 aromatic carbocycles. The number of likely N-dealkylation sites (N-methyl/N-ethyl adjacent to an activating group) is 1. The fourth-order valence-electron chi connectivity index (χ4n) is 1.59. The Morgan fingerprint density at radius 1 is 1.16 bits per heavy atom. The Morgan fingerprint density at radius 2 is 1.74 bits per heavy atom. The van der Waals surface area contributed by atoms with Crippen LogP contribution in [0.2, 0.25) is 18.1 Å². The number of hydrogen-bond acceptors (Lipinski definition) is 3. The van der Waals surface area contributed by atoms with Crippen LogP contribution in [-0.2, 0) is 14.0 Å². The summed E-state index contributed by atoms with van der Waals surface area (Å²) in [6.07, 6.45) is 0. The minimum atomic E-state index is -1.78. The van der Waals surface area contributed by atoms with Gasteiger partial charge in [-0.25, -0.2) is 0 Å². The summed E-state index contributed by atoms with van der Waals surface area (Å²) in [5.41, 5.74) is 0. The molecule has 0 unspecified atom stereocenters. The predicted octanol–water partition coefficient (Wildman–Crippen LogP) is 1.31. The largest absolute Gasteiger partial charge is 0.415 e. The van der Waals surface area contributed by atoms with Gasteiger partial charge in [-0.2, -0.15) is 0 Å². The van der Waals surface area contributed by atoms with Gasteiger partial charge in [-0.1, -0.05) is 20.8 Å². The van der Waals surface area contributed by atoms with E-state index in [1.807, 2.05) is 0 Å². The lowest BCUT2D eigenvalue weighted by Crippen LogP contribution is -2.53. The number of carbonyl (C=O) groups is 2. The lowest BCUT2D eigenvalue weighted by Gasteiger charge is -2.37. The van der Waals surface area contributed by atoms with Crippen molar-refractivity contribution in [2.75, 3.05) is 33.3 Å². The molecule has 0 aromatic rings. The van der Waals surface area contributed by atoms with E-state index in [1.54, 1.807) is 11.9 Å². The molecule has 0 saturated carbocycles. The van der Waals surface area contributed by atoms with Crippen molar-refractivity contribution in [3.05, 3.63) is 0 Å². The van der Waals surface area contributed by atoms with Crippen LogP contribution in [0.5, 0.6) is 0 Å². The van der Waals surface area contributed by atoms with Crippen LogP contribution in [0.15, 0.2) is 0 Å². The van der Waals surface area contributed by atoms with Crippen molar-refractivity contribution in [3.63, 3.8) is 0 Å². The molecule has 0 N–H and O–H groups in total. The molecule has 0 atom stereocenters. The highest BCUT2D eigenvalue weighted by Gasteiger charge is 2.37. The van der Waals surface area contributed by atoms with Gasteiger partial charge in [-0.05, 0) is 18.1 Å². The second kappa shape index (κ2) is 5.62. The molecular formula is C13H26N2O3Si. The second-order valence-corrected chi connectivity index (χ2v) is 11.5. The van der Waals surface area contributed by atoms with Crippen molar-refractivity contribution in [1.82, 2.24) is 9.80 Å². The summed E-state index contributed by atoms with van der Waals surface area (Å²) < 4.78 is 6.03. The maximum Gasteiger partial charge on any atom is 0.242 e. The van der Waals surface area contributed by atoms with E-state index >= 15 is 0 Å². The quantitative estimate of drug-likeness (QED) is 0.732. The topological polar surface area (TPSA) is 49.9 Å². The van der Waals surface area contributed by atoms with Crippen LogP contribution in [0.25, 0.3) is 0 Å². The van der Waals surface area contributed by atoms with Gasteiger partial charge in [0.15, 0.2) is 8.32 Å². The zero-order valence-electron chi connectivity index (χ0n) is 12.9. The van der Waals surface area contributed by atoms with Crippen molar-refractivity contribution >= 4 is 20.1 Å². The predicted molar refractivity (Wildman–Crippen MR) is 77.4 cm³/mol. The smallest absolute Gasteiger partial charge is 0.242 e. The van der Waals surface area contributed by atoms with Crippen LogP contribution in [0.3, 0.4) is 0 Å². The Kier molecular flexibility index (Phi) is 4.79. The molecule has 0 radical (unpaired) electrons. The third kappa shape index (κ3) is 4.04. The molecule has 0 spiro atoms. The second-order valence-electron chi connectivity index (χ2n) is 6.67. The Bertz CT molecular complexity index is 363. The van der Waals surface area contributed by atoms with E-state index in [0.717, 1.165) is 0 Å². The zero-order chi connectivity index (χ0) is 14.8. The van der Waals surface area contributed by atoms with Gasteiger partial charge in [0.25, 0.3) is 0 Å². The van der Waals surface area contributed by atoms with Crippen LogP contribution < -0.4 is 0 Å². The van der Waals surface area contributed by atoms with E-state index in [0.29, 0.717) is 13.2 Å². The van der Waals surface area contributed by atoms with Crippen molar-refractivity contribution in [2.24, 2.45) is 0 Å². The first-order chi connectivity index (χ1) is 8.54. The van der Waals surface area contributed by atoms with E-state index in [-0.39, 0.29) is 29.9 Å². The van der Waals surface area contributed by atoms with E-state index in [9.17, 15) is 9.59 Å². The summed E-state index contributed by atoms with van der Waals surface area (Å²) in [5, 5.41) is 0.162. The molecular weight excluding hydrogens is 260 g/mol. The zero-order valence-corrected chi connectivity index (χ0v) is 13.9. The van der Waals surface area contributed by atoms with Crippen molar-refractivity contribution in [1.29, 1.82) is 0 Å². The highest BCUT2D eigenvalue weighted by atomic mass is 28.4. The highest BCUT2D eigenvalue weighted by molar-refractivity contribution is 6.74. The fraction of sp³-hybridized carbons (Fsp3) is 0.846. The molecule has 1 fully saturated rings. The first-order valence-corrected chi connectivity index (χ1v) is 9.61. The van der Waals surface area contributed by atoms with Crippen molar-refractivity contribution in [2.45, 2.75) is 38.9 Å². The Balaban J connectivity index is 2.46. The van der Waals surface area contributed by atoms with Crippen LogP contribution in [-0.4, -0.2) is 63.2 Å². The summed E-state index contributed by atoms with van der Waals surface area (Å²) >= 11 is 0. The van der Waals surface area contributed by atoms with Crippen LogP contribution >= 0.6 is 0 Å². The first kappa shape index (κ1) is 16.2. The third-order valence-electron chi connectivity index (χ3n) is 4.11. The van der Waals surface area contributed by atoms with Gasteiger partial charge in [-0.3, -0.25) is 9.59 Å². The van der Waals surface area contributed by atoms with Gasteiger partial charge < -0.3 is 14.2 Å². The fourth-order valence-corrected chi connectivity index (χ4v) is 2.63. The van der Waals surface area contributed by atoms with Crippen LogP contribution in [0.4, 0.5) is 0 Å². The maximum atomic E-state index is 11.8. The lowest BCUT2D eigenvalue weighted by atomic mass is 10.2. The van der Waals surface area contributed by atoms with Crippen molar-refractivity contribution in [3.8, 4) is 0 Å². The van der Waals surface area contributed by atoms with E-state index < -0.39 is 8.32 Å². The van der Waals surface area contributed by atoms with Crippen LogP contribution in [0, 0.1) is 0 Å². The lowest BCUT2D eigenvalue weighted by molar-refractivity contribution is -0.149. The molecule has 0 bridgehead atoms. The standard InChI is InChI=1S/C13H26N2O3Si/c1-13(2,3)19(5,6)18-8-7-15-10-11(16)14(4)9-12(15)17/h7-10H2,1-6H3. The Morgan fingerprint density at radius 3 is 2.26 bits per heavy atom. The average Bonchev–Trinajstić information content (AvgIpc) is 2.23. The number of hydrogen-bond donors (Lipinski definition) is 0. The summed E-state index contributed by atoms with van der Waals surface area (Å²) in [4.78, 5) is 26.4. The minimum absolute atomic E-state index is 0.000862. The number of nitrogens with zero attached hydrogens (tertiary/aromatic N) is 2. The summed E-state index contributed by atoms with van der Waals surface area (Å²) in [6.45, 7) is 12.3. The normalized spacial score (nSPS) is 18.2. The SMILES string of the molecule is CN1CC(=O)N(CCO[Si](C)(C)C(C)(C)C)CC1=O. The maximum absolute atomic E-state index is 11.8. The van der Waals surface area contributed by atoms with Crippen molar-refractivity contribution < 1.29 is 14.0 Å². The van der Waals surface area contributed by atoms with Gasteiger partial charge in [0.1, 0.15) is 0 Å². The molecule has 0 aromatic heterocycles. The average molecular weight is 286 g/mol. The van der Waals surface area contributed by atoms with E-state index in [4.69, 9.17) is 4.43 Å². The molecule has 5 nitrogen and oxygen atoms in total. The molecule has 1 heterocycles. The Hall–Kier alpha value is -0.883. The molecule has 6 heteroatoms. The number of piperazine rings is 1. The van der Waals surface area contributed by atoms with E-state index in [1.165, 1.54) is 4.90 Å². The third-order valence-corrected chi connectivity index (χ3v) is 8.65. The van der Waals surface area contributed by atoms with Gasteiger partial charge in [-0.15, -0.1) is 0 Å². The first-order valence-electron chi connectivity index (χ1n) is 6.70. The highest BCUT2D eigenvalue weighted by Crippen LogP contribution is 2.36. The molecule has 1 rings (SSSR count). The summed E-state index contributed by atoms with van der Waals surface area (Å²) in [6, 6.07) is 0. The Labute approximate surface area is 117 Å². The summed E-state index contributed by atoms with van der Waals surface area (Å²) in [5.74, 6) is -0.00661.